The van der Waals surface area contributed by atoms with E-state index in [-0.39, 0.29) is 133 Å². The van der Waals surface area contributed by atoms with Crippen LogP contribution in [-0.2, 0) is 94.3 Å². The van der Waals surface area contributed by atoms with Crippen molar-refractivity contribution in [2.75, 3.05) is 52.4 Å². The number of nitrogens with two attached hydrogens (primary N) is 3. The highest BCUT2D eigenvalue weighted by molar-refractivity contribution is 6.00. The number of nitrogens with one attached hydrogen (secondary N) is 10. The molecule has 0 saturated carbocycles. The fraction of sp³-hybridized carbons (Fsp3) is 0.618. The van der Waals surface area contributed by atoms with Gasteiger partial charge in [-0.15, -0.1) is 0 Å². The van der Waals surface area contributed by atoms with Crippen molar-refractivity contribution in [3.63, 3.8) is 0 Å². The molecule has 608 valence electrons. The van der Waals surface area contributed by atoms with Gasteiger partial charge in [0, 0.05) is 64.7 Å². The monoisotopic (exact) mass is 1550 g/mol. The SMILES string of the molecule is CC(C)C[C@H](NC(=O)[C@@H](NC(=O)[C@@H]1CCC[NH2+]1)C(C)C)C(=O)N[C@@H](Cc1ccccc1)C(=O)N1CCC[C@H]1C(=O)NCC(=O)N[C@@H](CCC(N)=O)C(=O)N1CCC[C@H]1C(=O)N[C@@H](Cc1ccccc1)C(=O)NCC(=O)N[C@@H](CCC(N)=O)C(=O)N1CCC[C@H]1C(=O)N1CCC[C@H]1C(=O)N[C@@H](CC(C)C)C(=O)NCC(=O)[O-]. The number of nitrogens with zero attached hydrogens (tertiary/aromatic N) is 4. The highest BCUT2D eigenvalue weighted by Crippen LogP contribution is 2.28. The van der Waals surface area contributed by atoms with Crippen molar-refractivity contribution in [2.45, 2.75) is 230 Å². The zero-order valence-electron chi connectivity index (χ0n) is 64.2. The van der Waals surface area contributed by atoms with E-state index in [4.69, 9.17) is 11.5 Å². The van der Waals surface area contributed by atoms with Gasteiger partial charge in [0.15, 0.2) is 6.04 Å². The van der Waals surface area contributed by atoms with Crippen LogP contribution in [0, 0.1) is 17.8 Å². The summed E-state index contributed by atoms with van der Waals surface area (Å²) in [5, 5.41) is 39.4. The molecule has 5 heterocycles. The minimum absolute atomic E-state index is 0.000517. The van der Waals surface area contributed by atoms with Gasteiger partial charge in [-0.05, 0) is 106 Å². The van der Waals surface area contributed by atoms with E-state index in [1.54, 1.807) is 88.4 Å². The molecule has 0 radical (unpaired) electrons. The number of hydrogen-bond donors (Lipinski definition) is 13. The van der Waals surface area contributed by atoms with Crippen LogP contribution >= 0.6 is 0 Å². The third-order valence-corrected chi connectivity index (χ3v) is 20.5. The summed E-state index contributed by atoms with van der Waals surface area (Å²) in [6.07, 6.45) is 2.34. The van der Waals surface area contributed by atoms with Gasteiger partial charge in [-0.1, -0.05) is 102 Å². The van der Waals surface area contributed by atoms with Gasteiger partial charge in [0.2, 0.25) is 88.6 Å². The van der Waals surface area contributed by atoms with Crippen molar-refractivity contribution < 1.29 is 91.9 Å². The first-order chi connectivity index (χ1) is 52.8. The second-order valence-electron chi connectivity index (χ2n) is 30.4. The molecule has 5 aliphatic heterocycles. The second-order valence-corrected chi connectivity index (χ2v) is 30.4. The number of rotatable bonds is 40. The quantitative estimate of drug-likeness (QED) is 0.0297. The lowest BCUT2D eigenvalue weighted by Gasteiger charge is -2.33. The molecule has 7 rings (SSSR count). The highest BCUT2D eigenvalue weighted by Gasteiger charge is 2.46. The third kappa shape index (κ3) is 26.3. The highest BCUT2D eigenvalue weighted by atomic mass is 16.4. The van der Waals surface area contributed by atoms with Crippen LogP contribution in [0.1, 0.15) is 155 Å². The van der Waals surface area contributed by atoms with E-state index < -0.39 is 187 Å². The summed E-state index contributed by atoms with van der Waals surface area (Å²) in [7, 11) is 0. The van der Waals surface area contributed by atoms with Crippen molar-refractivity contribution in [2.24, 2.45) is 29.2 Å². The average molecular weight is 1550 g/mol. The molecule has 0 aliphatic carbocycles. The molecule has 12 atom stereocenters. The summed E-state index contributed by atoms with van der Waals surface area (Å²) >= 11 is 0. The van der Waals surface area contributed by atoms with Gasteiger partial charge in [-0.3, -0.25) is 76.7 Å². The molecule has 5 fully saturated rings. The van der Waals surface area contributed by atoms with E-state index in [1.807, 2.05) is 19.2 Å². The van der Waals surface area contributed by atoms with Gasteiger partial charge in [0.25, 0.3) is 5.91 Å². The molecule has 2 aromatic rings. The van der Waals surface area contributed by atoms with E-state index in [9.17, 15) is 86.6 Å². The number of benzene rings is 2. The minimum Gasteiger partial charge on any atom is -0.548 e. The first-order valence-electron chi connectivity index (χ1n) is 38.6. The van der Waals surface area contributed by atoms with Crippen LogP contribution in [0.25, 0.3) is 0 Å². The molecule has 35 heteroatoms. The molecule has 5 saturated heterocycles. The van der Waals surface area contributed by atoms with Crippen LogP contribution in [-0.4, -0.2) is 245 Å². The van der Waals surface area contributed by atoms with E-state index in [2.05, 4.69) is 53.2 Å². The number of carboxylic acids is 1. The fourth-order valence-electron chi connectivity index (χ4n) is 14.8. The Hall–Kier alpha value is -10.6. The molecule has 2 aromatic carbocycles. The number of primary amides is 2. The number of carbonyl (C=O) groups is 17. The Labute approximate surface area is 645 Å². The lowest BCUT2D eigenvalue weighted by Crippen LogP contribution is -2.89. The van der Waals surface area contributed by atoms with Crippen molar-refractivity contribution in [1.82, 2.24) is 72.8 Å². The van der Waals surface area contributed by atoms with Crippen LogP contribution in [0.5, 0.6) is 0 Å². The maximum atomic E-state index is 14.8. The summed E-state index contributed by atoms with van der Waals surface area (Å²) in [6, 6.07) is 3.71. The first kappa shape index (κ1) is 87.6. The maximum Gasteiger partial charge on any atom is 0.278 e. The molecule has 16 amide bonds. The number of amides is 16. The van der Waals surface area contributed by atoms with Crippen molar-refractivity contribution in [3.05, 3.63) is 71.8 Å². The summed E-state index contributed by atoms with van der Waals surface area (Å²) < 4.78 is 0. The van der Waals surface area contributed by atoms with E-state index in [0.717, 1.165) is 13.0 Å². The number of quaternary nitrogens is 1. The average Bonchev–Trinajstić information content (AvgIpc) is 1.67. The van der Waals surface area contributed by atoms with Gasteiger partial charge < -0.3 is 99.5 Å². The van der Waals surface area contributed by atoms with Crippen LogP contribution < -0.4 is 75.1 Å². The van der Waals surface area contributed by atoms with Crippen LogP contribution in [0.15, 0.2) is 60.7 Å². The molecule has 5 aliphatic rings. The summed E-state index contributed by atoms with van der Waals surface area (Å²) in [5.41, 5.74) is 12.3. The molecule has 0 bridgehead atoms. The largest absolute Gasteiger partial charge is 0.548 e. The molecular formula is C76H111N17O18. The number of hydrogen-bond acceptors (Lipinski definition) is 18. The van der Waals surface area contributed by atoms with E-state index >= 15 is 0 Å². The molecular weight excluding hydrogens is 1440 g/mol. The summed E-state index contributed by atoms with van der Waals surface area (Å²) in [6.45, 7) is 9.70. The number of carbonyl (C=O) groups excluding carboxylic acids is 17. The number of likely N-dealkylation sites (tertiary alicyclic amines) is 4. The van der Waals surface area contributed by atoms with Gasteiger partial charge in [-0.2, -0.15) is 0 Å². The Bertz CT molecular complexity index is 3670. The van der Waals surface area contributed by atoms with Gasteiger partial charge in [0.05, 0.1) is 32.1 Å². The van der Waals surface area contributed by atoms with Crippen molar-refractivity contribution in [1.29, 1.82) is 0 Å². The molecule has 111 heavy (non-hydrogen) atoms. The second kappa shape index (κ2) is 42.5. The fourth-order valence-corrected chi connectivity index (χ4v) is 14.8. The topological polar surface area (TPSA) is 515 Å². The normalized spacial score (nSPS) is 20.0. The van der Waals surface area contributed by atoms with Crippen molar-refractivity contribution in [3.8, 4) is 0 Å². The van der Waals surface area contributed by atoms with Crippen LogP contribution in [0.3, 0.4) is 0 Å². The number of carboxylic acid groups (broad SMARTS) is 1. The lowest BCUT2D eigenvalue weighted by atomic mass is 9.98. The molecule has 0 aromatic heterocycles. The van der Waals surface area contributed by atoms with Crippen LogP contribution in [0.4, 0.5) is 0 Å². The Kier molecular flexibility index (Phi) is 33.6. The van der Waals surface area contributed by atoms with Crippen LogP contribution in [0.2, 0.25) is 0 Å². The zero-order valence-corrected chi connectivity index (χ0v) is 64.2. The molecule has 16 N–H and O–H groups in total. The minimum atomic E-state index is -1.53. The first-order valence-corrected chi connectivity index (χ1v) is 38.6. The smallest absolute Gasteiger partial charge is 0.278 e. The molecule has 0 unspecified atom stereocenters. The Morgan fingerprint density at radius 2 is 0.838 bits per heavy atom. The molecule has 35 nitrogen and oxygen atoms in total. The Morgan fingerprint density at radius 1 is 0.423 bits per heavy atom. The van der Waals surface area contributed by atoms with E-state index in [1.165, 1.54) is 19.6 Å². The molecule has 0 spiro atoms. The van der Waals surface area contributed by atoms with E-state index in [0.29, 0.717) is 36.8 Å². The standard InChI is InChI=1S/C76H111N17O18/c1-43(2)36-51(65(100)82-42-63(98)99)85-71(106)57-25-16-34-92(57)76(111)58-26-17-35-93(58)74(109)50(28-30-60(78)95)84-61(96)40-80-66(101)53(38-46-18-9-7-10-19-46)86-70(105)56-24-15-33-91(56)73(108)49(27-29-59(77)94)83-62(97)41-81-69(104)55-23-14-32-90(55)75(110)54(39-47-20-11-8-12-21-47)88-68(103)52(37-44(3)4)87-72(107)64(45(5)6)89-67(102)48-22-13-31-79-48/h7-12,18-21,43-45,48-58,64,79H,13-17,22-42H2,1-6H3,(H2,77,94)(H2,78,95)(H,80,101)(H,81,104)(H,82,100)(H,83,97)(H,84,96)(H,85,106)(H,86,105)(H,87,107)(H,88,103)(H,89,102)(H,98,99)/t48-,49-,50-,51-,52-,53-,54-,55-,56-,57-,58-,64-/m0/s1. The maximum absolute atomic E-state index is 14.8. The zero-order chi connectivity index (χ0) is 81.2. The van der Waals surface area contributed by atoms with Crippen molar-refractivity contribution >= 4 is 100 Å². The van der Waals surface area contributed by atoms with Gasteiger partial charge >= 0.3 is 0 Å². The Morgan fingerprint density at radius 3 is 1.32 bits per heavy atom. The number of aliphatic carboxylic acids is 1. The van der Waals surface area contributed by atoms with Gasteiger partial charge in [0.1, 0.15) is 66.5 Å². The lowest BCUT2D eigenvalue weighted by molar-refractivity contribution is -0.657. The predicted molar refractivity (Wildman–Crippen MR) is 397 cm³/mol. The predicted octanol–water partition coefficient (Wildman–Crippen LogP) is -5.07. The summed E-state index contributed by atoms with van der Waals surface area (Å²) in [4.78, 5) is 238. The van der Waals surface area contributed by atoms with Gasteiger partial charge in [-0.25, -0.2) is 0 Å². The summed E-state index contributed by atoms with van der Waals surface area (Å²) in [5.74, 6) is -13.6. The third-order valence-electron chi connectivity index (χ3n) is 20.5. The Balaban J connectivity index is 0.975.